The Kier molecular flexibility index (Phi) is 6.01. The van der Waals surface area contributed by atoms with Gasteiger partial charge in [0.1, 0.15) is 18.1 Å². The molecule has 6 heteroatoms. The minimum absolute atomic E-state index is 0.00536. The molecule has 1 aliphatic rings. The number of rotatable bonds is 6. The molecule has 0 spiro atoms. The lowest BCUT2D eigenvalue weighted by atomic mass is 10.0. The predicted octanol–water partition coefficient (Wildman–Crippen LogP) is 4.09. The topological polar surface area (TPSA) is 84.3 Å². The molecule has 1 aliphatic heterocycles. The summed E-state index contributed by atoms with van der Waals surface area (Å²) in [7, 11) is 0. The minimum Gasteiger partial charge on any atom is -0.493 e. The highest BCUT2D eigenvalue weighted by atomic mass is 16.5. The average Bonchev–Trinajstić information content (AvgIpc) is 2.79. The number of nitriles is 1. The van der Waals surface area contributed by atoms with Crippen molar-refractivity contribution in [3.8, 4) is 17.6 Å². The fourth-order valence-electron chi connectivity index (χ4n) is 3.62. The van der Waals surface area contributed by atoms with Gasteiger partial charge in [-0.3, -0.25) is 4.79 Å². The second kappa shape index (κ2) is 9.02. The molecule has 0 unspecified atom stereocenters. The summed E-state index contributed by atoms with van der Waals surface area (Å²) in [6, 6.07) is 14.7. The summed E-state index contributed by atoms with van der Waals surface area (Å²) in [6.07, 6.45) is 1.96. The Bertz CT molecular complexity index is 1140. The van der Waals surface area contributed by atoms with Crippen LogP contribution in [0.1, 0.15) is 29.7 Å². The monoisotopic (exact) mass is 404 g/mol. The lowest BCUT2D eigenvalue weighted by Crippen LogP contribution is -2.21. The summed E-state index contributed by atoms with van der Waals surface area (Å²) in [5.74, 6) is 1.60. The van der Waals surface area contributed by atoms with Gasteiger partial charge in [0.2, 0.25) is 0 Å². The van der Waals surface area contributed by atoms with E-state index in [4.69, 9.17) is 14.2 Å². The van der Waals surface area contributed by atoms with Gasteiger partial charge in [0.15, 0.2) is 5.43 Å². The minimum atomic E-state index is -0.00536. The number of hydrogen-bond acceptors (Lipinski definition) is 5. The molecule has 1 aromatic heterocycles. The van der Waals surface area contributed by atoms with Gasteiger partial charge >= 0.3 is 0 Å². The van der Waals surface area contributed by atoms with Gasteiger partial charge in [0, 0.05) is 35.7 Å². The van der Waals surface area contributed by atoms with E-state index in [-0.39, 0.29) is 12.0 Å². The third-order valence-electron chi connectivity index (χ3n) is 5.47. The van der Waals surface area contributed by atoms with E-state index in [1.807, 2.05) is 24.3 Å². The molecular formula is C24H24N2O4. The molecule has 6 nitrogen and oxygen atoms in total. The van der Waals surface area contributed by atoms with Crippen molar-refractivity contribution >= 4 is 10.9 Å². The molecule has 0 radical (unpaired) electrons. The molecule has 1 fully saturated rings. The molecular weight excluding hydrogens is 380 g/mol. The normalized spacial score (nSPS) is 14.4. The first kappa shape index (κ1) is 20.0. The van der Waals surface area contributed by atoms with E-state index < -0.39 is 0 Å². The van der Waals surface area contributed by atoms with Crippen LogP contribution in [-0.2, 0) is 11.3 Å². The highest BCUT2D eigenvalue weighted by Crippen LogP contribution is 2.25. The number of benzene rings is 2. The lowest BCUT2D eigenvalue weighted by molar-refractivity contribution is 0.0497. The third-order valence-corrected chi connectivity index (χ3v) is 5.47. The van der Waals surface area contributed by atoms with Gasteiger partial charge in [-0.05, 0) is 49.9 Å². The summed E-state index contributed by atoms with van der Waals surface area (Å²) in [5, 5.41) is 10.0. The van der Waals surface area contributed by atoms with Crippen LogP contribution in [0.4, 0.5) is 0 Å². The molecule has 154 valence electrons. The van der Waals surface area contributed by atoms with Crippen LogP contribution in [0.5, 0.6) is 11.5 Å². The largest absolute Gasteiger partial charge is 0.493 e. The molecule has 1 saturated heterocycles. The number of para-hydroxylation sites is 1. The Labute approximate surface area is 175 Å². The SMILES string of the molecule is Cc1c(COc2cc(C#N)cc(OCC3CCOCC3)c2)[nH]c2ccccc2c1=O. The van der Waals surface area contributed by atoms with Crippen LogP contribution in [0.3, 0.4) is 0 Å². The Morgan fingerprint density at radius 3 is 2.63 bits per heavy atom. The van der Waals surface area contributed by atoms with Gasteiger partial charge < -0.3 is 19.2 Å². The Hall–Kier alpha value is -3.30. The van der Waals surface area contributed by atoms with Crippen molar-refractivity contribution in [2.24, 2.45) is 5.92 Å². The van der Waals surface area contributed by atoms with Crippen molar-refractivity contribution in [1.82, 2.24) is 4.98 Å². The molecule has 0 atom stereocenters. The summed E-state index contributed by atoms with van der Waals surface area (Å²) >= 11 is 0. The van der Waals surface area contributed by atoms with Gasteiger partial charge in [0.25, 0.3) is 0 Å². The molecule has 2 aromatic carbocycles. The predicted molar refractivity (Wildman–Crippen MR) is 114 cm³/mol. The van der Waals surface area contributed by atoms with Crippen LogP contribution >= 0.6 is 0 Å². The first-order chi connectivity index (χ1) is 14.6. The van der Waals surface area contributed by atoms with Crippen LogP contribution in [-0.4, -0.2) is 24.8 Å². The van der Waals surface area contributed by atoms with Crippen LogP contribution < -0.4 is 14.9 Å². The molecule has 2 heterocycles. The van der Waals surface area contributed by atoms with Gasteiger partial charge in [-0.25, -0.2) is 0 Å². The highest BCUT2D eigenvalue weighted by molar-refractivity contribution is 5.79. The van der Waals surface area contributed by atoms with Crippen LogP contribution in [0, 0.1) is 24.2 Å². The molecule has 0 aliphatic carbocycles. The summed E-state index contributed by atoms with van der Waals surface area (Å²) in [4.78, 5) is 15.9. The van der Waals surface area contributed by atoms with Crippen LogP contribution in [0.15, 0.2) is 47.3 Å². The molecule has 0 bridgehead atoms. The van der Waals surface area contributed by atoms with Crippen molar-refractivity contribution in [1.29, 1.82) is 5.26 Å². The van der Waals surface area contributed by atoms with Crippen molar-refractivity contribution in [2.45, 2.75) is 26.4 Å². The quantitative estimate of drug-likeness (QED) is 0.669. The molecule has 30 heavy (non-hydrogen) atoms. The maximum atomic E-state index is 12.6. The summed E-state index contributed by atoms with van der Waals surface area (Å²) < 4.78 is 17.2. The maximum Gasteiger partial charge on any atom is 0.192 e. The van der Waals surface area contributed by atoms with Gasteiger partial charge in [-0.15, -0.1) is 0 Å². The van der Waals surface area contributed by atoms with E-state index in [9.17, 15) is 10.1 Å². The van der Waals surface area contributed by atoms with Crippen molar-refractivity contribution in [3.05, 3.63) is 69.5 Å². The maximum absolute atomic E-state index is 12.6. The first-order valence-corrected chi connectivity index (χ1v) is 10.1. The van der Waals surface area contributed by atoms with Gasteiger partial charge in [0.05, 0.1) is 23.9 Å². The Balaban J connectivity index is 1.50. The number of aromatic nitrogens is 1. The van der Waals surface area contributed by atoms with Crippen molar-refractivity contribution < 1.29 is 14.2 Å². The van der Waals surface area contributed by atoms with Crippen LogP contribution in [0.25, 0.3) is 10.9 Å². The van der Waals surface area contributed by atoms with E-state index in [1.54, 1.807) is 25.1 Å². The summed E-state index contributed by atoms with van der Waals surface area (Å²) in [6.45, 7) is 4.11. The molecule has 3 aromatic rings. The van der Waals surface area contributed by atoms with E-state index in [2.05, 4.69) is 11.1 Å². The smallest absolute Gasteiger partial charge is 0.192 e. The number of nitrogens with zero attached hydrogens (tertiary/aromatic N) is 1. The average molecular weight is 404 g/mol. The standard InChI is InChI=1S/C24H24N2O4/c1-16-23(26-22-5-3-2-4-21(22)24(16)27)15-30-20-11-18(13-25)10-19(12-20)29-14-17-6-8-28-9-7-17/h2-5,10-12,17H,6-9,14-15H2,1H3,(H,26,27). The second-order valence-electron chi connectivity index (χ2n) is 7.56. The number of pyridine rings is 1. The fourth-order valence-corrected chi connectivity index (χ4v) is 3.62. The molecule has 0 amide bonds. The van der Waals surface area contributed by atoms with Crippen molar-refractivity contribution in [3.63, 3.8) is 0 Å². The fraction of sp³-hybridized carbons (Fsp3) is 0.333. The molecule has 0 saturated carbocycles. The zero-order valence-corrected chi connectivity index (χ0v) is 16.9. The second-order valence-corrected chi connectivity index (χ2v) is 7.56. The first-order valence-electron chi connectivity index (χ1n) is 10.1. The number of ether oxygens (including phenoxy) is 3. The number of aromatic amines is 1. The third kappa shape index (κ3) is 4.47. The van der Waals surface area contributed by atoms with E-state index >= 15 is 0 Å². The summed E-state index contributed by atoms with van der Waals surface area (Å²) in [5.41, 5.74) is 2.58. The number of nitrogens with one attached hydrogen (secondary N) is 1. The van der Waals surface area contributed by atoms with Crippen molar-refractivity contribution in [2.75, 3.05) is 19.8 Å². The zero-order chi connectivity index (χ0) is 20.9. The highest BCUT2D eigenvalue weighted by Gasteiger charge is 2.15. The van der Waals surface area contributed by atoms with E-state index in [0.717, 1.165) is 31.6 Å². The number of fused-ring (bicyclic) bond motifs is 1. The number of H-pyrrole nitrogens is 1. The molecule has 4 rings (SSSR count). The Morgan fingerprint density at radius 2 is 1.87 bits per heavy atom. The number of hydrogen-bond donors (Lipinski definition) is 1. The van der Waals surface area contributed by atoms with Gasteiger partial charge in [-0.2, -0.15) is 5.26 Å². The van der Waals surface area contributed by atoms with E-state index in [0.29, 0.717) is 46.2 Å². The molecule has 1 N–H and O–H groups in total. The van der Waals surface area contributed by atoms with E-state index in [1.165, 1.54) is 0 Å². The lowest BCUT2D eigenvalue weighted by Gasteiger charge is -2.22. The Morgan fingerprint density at radius 1 is 1.13 bits per heavy atom. The zero-order valence-electron chi connectivity index (χ0n) is 16.9. The van der Waals surface area contributed by atoms with Gasteiger partial charge in [-0.1, -0.05) is 12.1 Å². The van der Waals surface area contributed by atoms with Crippen LogP contribution in [0.2, 0.25) is 0 Å².